The van der Waals surface area contributed by atoms with Crippen molar-refractivity contribution in [2.45, 2.75) is 13.8 Å². The van der Waals surface area contributed by atoms with Crippen LogP contribution in [0, 0.1) is 10.1 Å². The molecule has 9 heteroatoms. The highest BCUT2D eigenvalue weighted by atomic mass is 35.5. The highest BCUT2D eigenvalue weighted by Gasteiger charge is 2.31. The summed E-state index contributed by atoms with van der Waals surface area (Å²) in [5.74, 6) is -0.223. The van der Waals surface area contributed by atoms with Crippen molar-refractivity contribution in [2.24, 2.45) is 0 Å². The Morgan fingerprint density at radius 3 is 2.37 bits per heavy atom. The van der Waals surface area contributed by atoms with Crippen LogP contribution in [0.4, 0.5) is 5.69 Å². The standard InChI is InChI=1S/C10H13ClNO6P/c1-3-16-19(15,17-4-2)18-10-6-5-8(11)7-9(10)12(13)14/h5-7H,3-4H2,1-2H3. The number of nitro groups is 1. The summed E-state index contributed by atoms with van der Waals surface area (Å²) in [6, 6.07) is 3.72. The third-order valence-electron chi connectivity index (χ3n) is 1.90. The lowest BCUT2D eigenvalue weighted by atomic mass is 10.3. The van der Waals surface area contributed by atoms with Crippen molar-refractivity contribution in [3.8, 4) is 5.75 Å². The van der Waals surface area contributed by atoms with Gasteiger partial charge in [-0.1, -0.05) is 11.6 Å². The molecule has 0 radical (unpaired) electrons. The molecule has 0 N–H and O–H groups in total. The first-order valence-corrected chi connectivity index (χ1v) is 7.28. The van der Waals surface area contributed by atoms with Crippen LogP contribution < -0.4 is 4.52 Å². The molecule has 0 atom stereocenters. The molecule has 0 aliphatic rings. The lowest BCUT2D eigenvalue weighted by molar-refractivity contribution is -0.385. The summed E-state index contributed by atoms with van der Waals surface area (Å²) in [5, 5.41) is 11.0. The molecule has 1 aromatic carbocycles. The molecule has 0 heterocycles. The lowest BCUT2D eigenvalue weighted by Gasteiger charge is -2.16. The summed E-state index contributed by atoms with van der Waals surface area (Å²) in [4.78, 5) is 10.2. The van der Waals surface area contributed by atoms with Gasteiger partial charge in [0.1, 0.15) is 0 Å². The molecule has 0 saturated heterocycles. The van der Waals surface area contributed by atoms with Crippen molar-refractivity contribution in [3.05, 3.63) is 33.3 Å². The predicted octanol–water partition coefficient (Wildman–Crippen LogP) is 3.81. The second-order valence-corrected chi connectivity index (χ2v) is 5.27. The summed E-state index contributed by atoms with van der Waals surface area (Å²) in [6.07, 6.45) is 0. The van der Waals surface area contributed by atoms with Crippen LogP contribution in [0.25, 0.3) is 0 Å². The number of hydrogen-bond acceptors (Lipinski definition) is 6. The fraction of sp³-hybridized carbons (Fsp3) is 0.400. The molecule has 0 aromatic heterocycles. The van der Waals surface area contributed by atoms with Gasteiger partial charge >= 0.3 is 13.5 Å². The second kappa shape index (κ2) is 6.86. The maximum absolute atomic E-state index is 12.1. The number of nitro benzene ring substituents is 1. The Labute approximate surface area is 115 Å². The van der Waals surface area contributed by atoms with E-state index in [4.69, 9.17) is 25.2 Å². The Bertz CT molecular complexity index is 499. The van der Waals surface area contributed by atoms with Crippen LogP contribution in [0.5, 0.6) is 5.75 Å². The van der Waals surface area contributed by atoms with E-state index in [-0.39, 0.29) is 24.0 Å². The van der Waals surface area contributed by atoms with Crippen LogP contribution in [0.15, 0.2) is 18.2 Å². The first-order chi connectivity index (χ1) is 8.91. The molecule has 0 unspecified atom stereocenters. The Morgan fingerprint density at radius 2 is 1.89 bits per heavy atom. The molecule has 0 fully saturated rings. The Kier molecular flexibility index (Phi) is 5.75. The van der Waals surface area contributed by atoms with E-state index in [1.54, 1.807) is 13.8 Å². The zero-order valence-corrected chi connectivity index (χ0v) is 12.0. The van der Waals surface area contributed by atoms with Crippen LogP contribution >= 0.6 is 19.4 Å². The maximum Gasteiger partial charge on any atom is 0.530 e. The number of rotatable bonds is 7. The van der Waals surface area contributed by atoms with E-state index in [0.29, 0.717) is 0 Å². The highest BCUT2D eigenvalue weighted by Crippen LogP contribution is 2.51. The monoisotopic (exact) mass is 309 g/mol. The molecule has 0 spiro atoms. The number of benzene rings is 1. The smallest absolute Gasteiger partial charge is 0.397 e. The molecule has 19 heavy (non-hydrogen) atoms. The molecule has 0 saturated carbocycles. The van der Waals surface area contributed by atoms with Crippen LogP contribution in [0.3, 0.4) is 0 Å². The van der Waals surface area contributed by atoms with Gasteiger partial charge in [0.15, 0.2) is 0 Å². The first-order valence-electron chi connectivity index (χ1n) is 5.44. The predicted molar refractivity (Wildman–Crippen MR) is 69.6 cm³/mol. The van der Waals surface area contributed by atoms with Gasteiger partial charge < -0.3 is 4.52 Å². The third-order valence-corrected chi connectivity index (χ3v) is 3.71. The molecule has 7 nitrogen and oxygen atoms in total. The fourth-order valence-electron chi connectivity index (χ4n) is 1.24. The second-order valence-electron chi connectivity index (χ2n) is 3.24. The summed E-state index contributed by atoms with van der Waals surface area (Å²) >= 11 is 5.66. The largest absolute Gasteiger partial charge is 0.530 e. The Balaban J connectivity index is 3.09. The maximum atomic E-state index is 12.1. The zero-order chi connectivity index (χ0) is 14.5. The van der Waals surface area contributed by atoms with Crippen LogP contribution in [-0.2, 0) is 13.6 Å². The van der Waals surface area contributed by atoms with Gasteiger partial charge in [-0.3, -0.25) is 19.2 Å². The van der Waals surface area contributed by atoms with Crippen molar-refractivity contribution < 1.29 is 23.1 Å². The van der Waals surface area contributed by atoms with Crippen molar-refractivity contribution >= 4 is 25.1 Å². The normalized spacial score (nSPS) is 11.3. The van der Waals surface area contributed by atoms with Crippen LogP contribution in [0.1, 0.15) is 13.8 Å². The van der Waals surface area contributed by atoms with E-state index in [9.17, 15) is 14.7 Å². The lowest BCUT2D eigenvalue weighted by Crippen LogP contribution is -2.04. The minimum atomic E-state index is -3.87. The van der Waals surface area contributed by atoms with Gasteiger partial charge in [0.25, 0.3) is 0 Å². The molecule has 0 aliphatic heterocycles. The molecule has 1 aromatic rings. The number of hydrogen-bond donors (Lipinski definition) is 0. The number of nitrogens with zero attached hydrogens (tertiary/aromatic N) is 1. The third kappa shape index (κ3) is 4.47. The molecule has 0 amide bonds. The van der Waals surface area contributed by atoms with Crippen molar-refractivity contribution in [2.75, 3.05) is 13.2 Å². The van der Waals surface area contributed by atoms with Gasteiger partial charge in [-0.25, -0.2) is 4.57 Å². The van der Waals surface area contributed by atoms with Crippen LogP contribution in [-0.4, -0.2) is 18.1 Å². The van der Waals surface area contributed by atoms with Gasteiger partial charge in [-0.15, -0.1) is 0 Å². The summed E-state index contributed by atoms with van der Waals surface area (Å²) < 4.78 is 26.9. The average Bonchev–Trinajstić information content (AvgIpc) is 2.31. The number of phosphoric ester groups is 1. The summed E-state index contributed by atoms with van der Waals surface area (Å²) in [5.41, 5.74) is -0.410. The van der Waals surface area contributed by atoms with Crippen molar-refractivity contribution in [1.29, 1.82) is 0 Å². The topological polar surface area (TPSA) is 87.9 Å². The molecular weight excluding hydrogens is 297 g/mol. The summed E-state index contributed by atoms with van der Waals surface area (Å²) in [7, 11) is -3.87. The summed E-state index contributed by atoms with van der Waals surface area (Å²) in [6.45, 7) is 3.37. The van der Waals surface area contributed by atoms with Gasteiger partial charge in [0.05, 0.1) is 18.1 Å². The zero-order valence-electron chi connectivity index (χ0n) is 10.4. The molecule has 1 rings (SSSR count). The van der Waals surface area contributed by atoms with E-state index >= 15 is 0 Å². The van der Waals surface area contributed by atoms with Crippen LogP contribution in [0.2, 0.25) is 5.02 Å². The van der Waals surface area contributed by atoms with Gasteiger partial charge in [-0.05, 0) is 26.0 Å². The number of halogens is 1. The van der Waals surface area contributed by atoms with E-state index in [1.807, 2.05) is 0 Å². The van der Waals surface area contributed by atoms with E-state index in [0.717, 1.165) is 6.07 Å². The van der Waals surface area contributed by atoms with E-state index in [2.05, 4.69) is 0 Å². The first kappa shape index (κ1) is 15.9. The Morgan fingerprint density at radius 1 is 1.32 bits per heavy atom. The molecular formula is C10H13ClNO6P. The molecule has 106 valence electrons. The Hall–Kier alpha value is -1.14. The SMILES string of the molecule is CCOP(=O)(OCC)Oc1ccc(Cl)cc1[N+](=O)[O-]. The minimum absolute atomic E-state index is 0.0820. The molecule has 0 bridgehead atoms. The van der Waals surface area contributed by atoms with Gasteiger partial charge in [-0.2, -0.15) is 0 Å². The minimum Gasteiger partial charge on any atom is -0.397 e. The number of phosphoric acid groups is 1. The van der Waals surface area contributed by atoms with E-state index in [1.165, 1.54) is 12.1 Å². The molecule has 0 aliphatic carbocycles. The van der Waals surface area contributed by atoms with Gasteiger partial charge in [0, 0.05) is 11.1 Å². The highest BCUT2D eigenvalue weighted by molar-refractivity contribution is 7.48. The van der Waals surface area contributed by atoms with Crippen molar-refractivity contribution in [3.63, 3.8) is 0 Å². The quantitative estimate of drug-likeness (QED) is 0.432. The van der Waals surface area contributed by atoms with Crippen molar-refractivity contribution in [1.82, 2.24) is 0 Å². The average molecular weight is 310 g/mol. The fourth-order valence-corrected chi connectivity index (χ4v) is 2.61. The van der Waals surface area contributed by atoms with E-state index < -0.39 is 18.4 Å². The van der Waals surface area contributed by atoms with Gasteiger partial charge in [0.2, 0.25) is 5.75 Å².